The summed E-state index contributed by atoms with van der Waals surface area (Å²) in [5, 5.41) is 1.19. The van der Waals surface area contributed by atoms with E-state index in [1.807, 2.05) is 18.2 Å². The molecule has 15 heavy (non-hydrogen) atoms. The Morgan fingerprint density at radius 1 is 1.33 bits per heavy atom. The van der Waals surface area contributed by atoms with Crippen LogP contribution in [0.5, 0.6) is 0 Å². The van der Waals surface area contributed by atoms with Gasteiger partial charge in [-0.15, -0.1) is 0 Å². The summed E-state index contributed by atoms with van der Waals surface area (Å²) in [5.41, 5.74) is 7.30. The van der Waals surface area contributed by atoms with Crippen LogP contribution in [0, 0.1) is 5.92 Å². The van der Waals surface area contributed by atoms with E-state index in [9.17, 15) is 0 Å². The minimum atomic E-state index is -0.201. The van der Waals surface area contributed by atoms with Crippen molar-refractivity contribution < 1.29 is 0 Å². The van der Waals surface area contributed by atoms with Crippen LogP contribution < -0.4 is 5.73 Å². The highest BCUT2D eigenvalue weighted by atomic mass is 35.5. The fraction of sp³-hybridized carbons (Fsp3) is 0.500. The van der Waals surface area contributed by atoms with Crippen LogP contribution in [0.1, 0.15) is 31.7 Å². The van der Waals surface area contributed by atoms with Crippen molar-refractivity contribution in [1.82, 2.24) is 0 Å². The third kappa shape index (κ3) is 2.15. The van der Waals surface area contributed by atoms with E-state index in [1.54, 1.807) is 0 Å². The highest BCUT2D eigenvalue weighted by molar-refractivity contribution is 6.42. The second-order valence-corrected chi connectivity index (χ2v) is 5.45. The molecule has 0 heterocycles. The van der Waals surface area contributed by atoms with Crippen LogP contribution in [0.3, 0.4) is 0 Å². The number of rotatable bonds is 1. The summed E-state index contributed by atoms with van der Waals surface area (Å²) in [4.78, 5) is 0. The molecule has 2 rings (SSSR count). The molecule has 1 fully saturated rings. The zero-order valence-electron chi connectivity index (χ0n) is 8.76. The lowest BCUT2D eigenvalue weighted by Crippen LogP contribution is -2.33. The van der Waals surface area contributed by atoms with Gasteiger partial charge in [-0.05, 0) is 42.9 Å². The minimum absolute atomic E-state index is 0.201. The summed E-state index contributed by atoms with van der Waals surface area (Å²) >= 11 is 11.9. The molecule has 0 amide bonds. The maximum absolute atomic E-state index is 6.39. The van der Waals surface area contributed by atoms with Crippen LogP contribution in [-0.4, -0.2) is 0 Å². The molecule has 2 N–H and O–H groups in total. The molecular formula is C12H15Cl2N. The van der Waals surface area contributed by atoms with Crippen molar-refractivity contribution in [2.24, 2.45) is 11.7 Å². The maximum atomic E-state index is 6.39. The van der Waals surface area contributed by atoms with Gasteiger partial charge in [-0.25, -0.2) is 0 Å². The Bertz CT molecular complexity index is 378. The van der Waals surface area contributed by atoms with Crippen LogP contribution in [0.15, 0.2) is 18.2 Å². The van der Waals surface area contributed by atoms with E-state index in [2.05, 4.69) is 6.92 Å². The van der Waals surface area contributed by atoms with Gasteiger partial charge in [-0.1, -0.05) is 36.2 Å². The van der Waals surface area contributed by atoms with Gasteiger partial charge in [-0.2, -0.15) is 0 Å². The molecule has 0 aliphatic heterocycles. The van der Waals surface area contributed by atoms with Gasteiger partial charge in [0.1, 0.15) is 0 Å². The topological polar surface area (TPSA) is 26.0 Å². The molecule has 1 saturated carbocycles. The maximum Gasteiger partial charge on any atom is 0.0595 e. The first-order valence-electron chi connectivity index (χ1n) is 5.26. The largest absolute Gasteiger partial charge is 0.321 e. The number of nitrogens with two attached hydrogens (primary N) is 1. The number of hydrogen-bond donors (Lipinski definition) is 1. The van der Waals surface area contributed by atoms with Crippen molar-refractivity contribution in [2.45, 2.75) is 31.7 Å². The van der Waals surface area contributed by atoms with Gasteiger partial charge in [0.15, 0.2) is 0 Å². The van der Waals surface area contributed by atoms with Gasteiger partial charge in [0.25, 0.3) is 0 Å². The van der Waals surface area contributed by atoms with E-state index in [-0.39, 0.29) is 5.54 Å². The third-order valence-corrected chi connectivity index (χ3v) is 4.03. The van der Waals surface area contributed by atoms with Gasteiger partial charge in [0, 0.05) is 5.54 Å². The van der Waals surface area contributed by atoms with Crippen molar-refractivity contribution in [2.75, 3.05) is 0 Å². The second-order valence-electron chi connectivity index (χ2n) is 4.63. The molecule has 0 bridgehead atoms. The van der Waals surface area contributed by atoms with Crippen LogP contribution in [0.4, 0.5) is 0 Å². The molecule has 0 spiro atoms. The normalized spacial score (nSPS) is 30.8. The van der Waals surface area contributed by atoms with Gasteiger partial charge < -0.3 is 5.73 Å². The molecule has 0 radical (unpaired) electrons. The molecule has 1 nitrogen and oxygen atoms in total. The Morgan fingerprint density at radius 2 is 2.07 bits per heavy atom. The summed E-state index contributed by atoms with van der Waals surface area (Å²) in [6, 6.07) is 5.73. The first-order valence-corrected chi connectivity index (χ1v) is 6.01. The quantitative estimate of drug-likeness (QED) is 0.794. The number of benzene rings is 1. The van der Waals surface area contributed by atoms with Crippen molar-refractivity contribution in [3.8, 4) is 0 Å². The summed E-state index contributed by atoms with van der Waals surface area (Å²) in [5.74, 6) is 0.699. The van der Waals surface area contributed by atoms with E-state index < -0.39 is 0 Å². The third-order valence-electron chi connectivity index (χ3n) is 3.29. The molecule has 1 aliphatic carbocycles. The Hall–Kier alpha value is -0.240. The predicted octanol–water partition coefficient (Wildman–Crippen LogP) is 3.97. The summed E-state index contributed by atoms with van der Waals surface area (Å²) in [6.45, 7) is 2.24. The van der Waals surface area contributed by atoms with Gasteiger partial charge >= 0.3 is 0 Å². The van der Waals surface area contributed by atoms with Gasteiger partial charge in [0.05, 0.1) is 10.0 Å². The highest BCUT2D eigenvalue weighted by Crippen LogP contribution is 2.41. The first kappa shape index (κ1) is 11.3. The van der Waals surface area contributed by atoms with Crippen molar-refractivity contribution in [1.29, 1.82) is 0 Å². The van der Waals surface area contributed by atoms with Crippen LogP contribution in [0.2, 0.25) is 10.0 Å². The predicted molar refractivity (Wildman–Crippen MR) is 65.3 cm³/mol. The SMILES string of the molecule is CC1CCC(N)(c2ccc(Cl)c(Cl)c2)C1. The lowest BCUT2D eigenvalue weighted by molar-refractivity contribution is 0.440. The highest BCUT2D eigenvalue weighted by Gasteiger charge is 2.35. The zero-order chi connectivity index (χ0) is 11.1. The molecular weight excluding hydrogens is 229 g/mol. The summed E-state index contributed by atoms with van der Waals surface area (Å²) in [7, 11) is 0. The molecule has 0 aromatic heterocycles. The van der Waals surface area contributed by atoms with Crippen LogP contribution in [-0.2, 0) is 5.54 Å². The number of hydrogen-bond acceptors (Lipinski definition) is 1. The van der Waals surface area contributed by atoms with Crippen LogP contribution in [0.25, 0.3) is 0 Å². The van der Waals surface area contributed by atoms with E-state index in [0.29, 0.717) is 16.0 Å². The van der Waals surface area contributed by atoms with Crippen LogP contribution >= 0.6 is 23.2 Å². The first-order chi connectivity index (χ1) is 7.01. The van der Waals surface area contributed by atoms with E-state index >= 15 is 0 Å². The second kappa shape index (κ2) is 3.97. The average molecular weight is 244 g/mol. The Labute approximate surface area is 101 Å². The van der Waals surface area contributed by atoms with Crippen molar-refractivity contribution in [3.63, 3.8) is 0 Å². The monoisotopic (exact) mass is 243 g/mol. The smallest absolute Gasteiger partial charge is 0.0595 e. The van der Waals surface area contributed by atoms with E-state index in [0.717, 1.165) is 18.4 Å². The molecule has 0 saturated heterocycles. The van der Waals surface area contributed by atoms with E-state index in [4.69, 9.17) is 28.9 Å². The molecule has 2 unspecified atom stereocenters. The fourth-order valence-electron chi connectivity index (χ4n) is 2.40. The Balaban J connectivity index is 2.33. The summed E-state index contributed by atoms with van der Waals surface area (Å²) in [6.07, 6.45) is 3.26. The lowest BCUT2D eigenvalue weighted by atomic mass is 9.89. The van der Waals surface area contributed by atoms with Crippen molar-refractivity contribution >= 4 is 23.2 Å². The molecule has 1 aromatic carbocycles. The average Bonchev–Trinajstić information content (AvgIpc) is 2.52. The van der Waals surface area contributed by atoms with Gasteiger partial charge in [-0.3, -0.25) is 0 Å². The lowest BCUT2D eigenvalue weighted by Gasteiger charge is -2.25. The molecule has 2 atom stereocenters. The molecule has 82 valence electrons. The van der Waals surface area contributed by atoms with E-state index in [1.165, 1.54) is 6.42 Å². The zero-order valence-corrected chi connectivity index (χ0v) is 10.3. The summed E-state index contributed by atoms with van der Waals surface area (Å²) < 4.78 is 0. The Kier molecular flexibility index (Phi) is 2.98. The molecule has 1 aromatic rings. The molecule has 1 aliphatic rings. The minimum Gasteiger partial charge on any atom is -0.321 e. The standard InChI is InChI=1S/C12H15Cl2N/c1-8-4-5-12(15,7-8)9-2-3-10(13)11(14)6-9/h2-3,6,8H,4-5,7,15H2,1H3. The fourth-order valence-corrected chi connectivity index (χ4v) is 2.70. The molecule has 3 heteroatoms. The van der Waals surface area contributed by atoms with Gasteiger partial charge in [0.2, 0.25) is 0 Å². The van der Waals surface area contributed by atoms with Crippen molar-refractivity contribution in [3.05, 3.63) is 33.8 Å². The number of halogens is 2. The Morgan fingerprint density at radius 3 is 2.60 bits per heavy atom.